The number of amides is 1. The first-order chi connectivity index (χ1) is 17.8. The lowest BCUT2D eigenvalue weighted by molar-refractivity contribution is -0.140. The van der Waals surface area contributed by atoms with Crippen molar-refractivity contribution in [2.45, 2.75) is 12.6 Å². The molecule has 0 saturated carbocycles. The molecule has 3 aromatic carbocycles. The number of carbonyl (C=O) groups excluding carboxylic acids is 2. The zero-order valence-corrected chi connectivity index (χ0v) is 21.0. The lowest BCUT2D eigenvalue weighted by Crippen LogP contribution is -2.35. The van der Waals surface area contributed by atoms with Crippen molar-refractivity contribution < 1.29 is 29.3 Å². The first-order valence-electron chi connectivity index (χ1n) is 11.9. The topological polar surface area (TPSA) is 99.5 Å². The van der Waals surface area contributed by atoms with Gasteiger partial charge in [-0.05, 0) is 61.6 Å². The van der Waals surface area contributed by atoms with Crippen LogP contribution in [0.4, 0.5) is 0 Å². The molecule has 1 saturated heterocycles. The number of carbonyl (C=O) groups is 2. The van der Waals surface area contributed by atoms with E-state index in [4.69, 9.17) is 9.47 Å². The number of ether oxygens (including phenoxy) is 2. The van der Waals surface area contributed by atoms with Crippen LogP contribution in [0.15, 0.2) is 78.4 Å². The maximum absolute atomic E-state index is 13.2. The summed E-state index contributed by atoms with van der Waals surface area (Å²) in [6.45, 7) is 1.19. The number of rotatable bonds is 9. The molecule has 1 aliphatic rings. The van der Waals surface area contributed by atoms with E-state index < -0.39 is 17.7 Å². The molecule has 0 radical (unpaired) electrons. The third kappa shape index (κ3) is 5.59. The summed E-state index contributed by atoms with van der Waals surface area (Å²) in [5.74, 6) is -0.997. The van der Waals surface area contributed by atoms with Crippen LogP contribution in [0.1, 0.15) is 22.7 Å². The monoisotopic (exact) mass is 502 g/mol. The van der Waals surface area contributed by atoms with Gasteiger partial charge in [-0.2, -0.15) is 0 Å². The maximum Gasteiger partial charge on any atom is 0.295 e. The molecule has 0 bridgehead atoms. The Bertz CT molecular complexity index is 1300. The van der Waals surface area contributed by atoms with E-state index in [-0.39, 0.29) is 29.4 Å². The van der Waals surface area contributed by atoms with Crippen LogP contribution in [-0.4, -0.2) is 66.0 Å². The van der Waals surface area contributed by atoms with E-state index in [0.717, 1.165) is 5.56 Å². The van der Waals surface area contributed by atoms with Gasteiger partial charge in [0.2, 0.25) is 0 Å². The Labute approximate surface area is 216 Å². The molecule has 4 rings (SSSR count). The molecule has 1 amide bonds. The van der Waals surface area contributed by atoms with Gasteiger partial charge in [-0.3, -0.25) is 9.59 Å². The average Bonchev–Trinajstić information content (AvgIpc) is 3.16. The van der Waals surface area contributed by atoms with Gasteiger partial charge in [0, 0.05) is 18.7 Å². The molecule has 8 heteroatoms. The van der Waals surface area contributed by atoms with Gasteiger partial charge in [-0.15, -0.1) is 0 Å². The molecule has 1 fully saturated rings. The highest BCUT2D eigenvalue weighted by Crippen LogP contribution is 2.41. The van der Waals surface area contributed by atoms with Crippen molar-refractivity contribution in [1.29, 1.82) is 0 Å². The summed E-state index contributed by atoms with van der Waals surface area (Å²) in [4.78, 5) is 29.6. The van der Waals surface area contributed by atoms with Crippen LogP contribution in [-0.2, 0) is 16.2 Å². The molecular weight excluding hydrogens is 472 g/mol. The number of Topliss-reactive ketones (excluding diaryl/α,β-unsaturated/α-hetero) is 1. The van der Waals surface area contributed by atoms with E-state index >= 15 is 0 Å². The summed E-state index contributed by atoms with van der Waals surface area (Å²) >= 11 is 0. The van der Waals surface area contributed by atoms with Crippen LogP contribution in [0.25, 0.3) is 5.76 Å². The number of likely N-dealkylation sites (N-methyl/N-ethyl adjacent to an activating group) is 1. The van der Waals surface area contributed by atoms with E-state index in [1.165, 1.54) is 18.1 Å². The van der Waals surface area contributed by atoms with Crippen LogP contribution in [0.2, 0.25) is 0 Å². The number of phenols is 1. The van der Waals surface area contributed by atoms with Crippen molar-refractivity contribution in [3.63, 3.8) is 0 Å². The molecule has 0 spiro atoms. The highest BCUT2D eigenvalue weighted by atomic mass is 16.5. The van der Waals surface area contributed by atoms with E-state index in [1.807, 2.05) is 49.3 Å². The van der Waals surface area contributed by atoms with Crippen molar-refractivity contribution in [3.05, 3.63) is 95.1 Å². The molecule has 0 aromatic heterocycles. The minimum atomic E-state index is -0.844. The second kappa shape index (κ2) is 11.2. The van der Waals surface area contributed by atoms with Gasteiger partial charge < -0.3 is 29.5 Å². The summed E-state index contributed by atoms with van der Waals surface area (Å²) < 4.78 is 11.1. The molecule has 1 heterocycles. The first kappa shape index (κ1) is 25.8. The summed E-state index contributed by atoms with van der Waals surface area (Å²) in [5, 5.41) is 21.3. The molecule has 8 nitrogen and oxygen atoms in total. The third-order valence-electron chi connectivity index (χ3n) is 6.22. The van der Waals surface area contributed by atoms with Gasteiger partial charge in [0.1, 0.15) is 18.1 Å². The molecule has 3 aromatic rings. The predicted octanol–water partition coefficient (Wildman–Crippen LogP) is 3.96. The smallest absolute Gasteiger partial charge is 0.295 e. The van der Waals surface area contributed by atoms with Gasteiger partial charge in [-0.1, -0.05) is 36.4 Å². The summed E-state index contributed by atoms with van der Waals surface area (Å²) in [6, 6.07) is 20.2. The molecule has 0 unspecified atom stereocenters. The fraction of sp³-hybridized carbons (Fsp3) is 0.241. The molecule has 1 aliphatic heterocycles. The number of likely N-dealkylation sites (tertiary alicyclic amines) is 1. The van der Waals surface area contributed by atoms with Crippen molar-refractivity contribution >= 4 is 17.4 Å². The summed E-state index contributed by atoms with van der Waals surface area (Å²) in [6.07, 6.45) is 0. The maximum atomic E-state index is 13.2. The van der Waals surface area contributed by atoms with Crippen LogP contribution < -0.4 is 9.47 Å². The zero-order chi connectivity index (χ0) is 26.5. The molecule has 1 atom stereocenters. The fourth-order valence-corrected chi connectivity index (χ4v) is 4.23. The van der Waals surface area contributed by atoms with E-state index in [0.29, 0.717) is 30.0 Å². The highest BCUT2D eigenvalue weighted by Gasteiger charge is 2.46. The minimum Gasteiger partial charge on any atom is -0.507 e. The molecule has 0 aliphatic carbocycles. The van der Waals surface area contributed by atoms with Crippen molar-refractivity contribution in [1.82, 2.24) is 9.80 Å². The number of ketones is 1. The van der Waals surface area contributed by atoms with Gasteiger partial charge in [-0.25, -0.2) is 0 Å². The number of phenolic OH excluding ortho intramolecular Hbond substituents is 1. The second-order valence-corrected chi connectivity index (χ2v) is 9.03. The van der Waals surface area contributed by atoms with Crippen LogP contribution in [0.5, 0.6) is 17.2 Å². The van der Waals surface area contributed by atoms with Gasteiger partial charge in [0.15, 0.2) is 11.5 Å². The molecule has 2 N–H and O–H groups in total. The first-order valence-corrected chi connectivity index (χ1v) is 11.9. The quantitative estimate of drug-likeness (QED) is 0.260. The number of aliphatic hydroxyl groups is 1. The van der Waals surface area contributed by atoms with E-state index in [2.05, 4.69) is 0 Å². The predicted molar refractivity (Wildman–Crippen MR) is 139 cm³/mol. The largest absolute Gasteiger partial charge is 0.507 e. The number of nitrogens with zero attached hydrogens (tertiary/aromatic N) is 2. The average molecular weight is 503 g/mol. The zero-order valence-electron chi connectivity index (χ0n) is 21.0. The van der Waals surface area contributed by atoms with Crippen LogP contribution in [0, 0.1) is 0 Å². The number of aromatic hydroxyl groups is 1. The summed E-state index contributed by atoms with van der Waals surface area (Å²) in [7, 11) is 5.16. The van der Waals surface area contributed by atoms with Gasteiger partial charge in [0.05, 0.1) is 18.7 Å². The minimum absolute atomic E-state index is 0.0190. The fourth-order valence-electron chi connectivity index (χ4n) is 4.23. The lowest BCUT2D eigenvalue weighted by Gasteiger charge is -2.27. The number of aliphatic hydroxyl groups excluding tert-OH is 1. The number of hydrogen-bond donors (Lipinski definition) is 2. The van der Waals surface area contributed by atoms with E-state index in [1.54, 1.807) is 36.4 Å². The second-order valence-electron chi connectivity index (χ2n) is 9.03. The Morgan fingerprint density at radius 2 is 1.70 bits per heavy atom. The number of benzene rings is 3. The summed E-state index contributed by atoms with van der Waals surface area (Å²) in [5.41, 5.74) is 1.93. The Balaban J connectivity index is 1.69. The molecular formula is C29H30N2O6. The number of methoxy groups -OCH3 is 1. The lowest BCUT2D eigenvalue weighted by atomic mass is 9.95. The molecule has 192 valence electrons. The van der Waals surface area contributed by atoms with Crippen molar-refractivity contribution in [3.8, 4) is 17.2 Å². The number of hydrogen-bond acceptors (Lipinski definition) is 7. The van der Waals surface area contributed by atoms with Crippen LogP contribution >= 0.6 is 0 Å². The van der Waals surface area contributed by atoms with Gasteiger partial charge >= 0.3 is 0 Å². The SMILES string of the molecule is COc1cc([C@@H]2/C(=C(\O)c3ccc(OCc4ccccc4)cc3)C(=O)C(=O)N2CCN(C)C)ccc1O. The highest BCUT2D eigenvalue weighted by molar-refractivity contribution is 6.46. The van der Waals surface area contributed by atoms with Crippen LogP contribution in [0.3, 0.4) is 0 Å². The normalized spacial score (nSPS) is 16.9. The Morgan fingerprint density at radius 3 is 2.35 bits per heavy atom. The Morgan fingerprint density at radius 1 is 1.00 bits per heavy atom. The Hall–Kier alpha value is -4.30. The third-order valence-corrected chi connectivity index (χ3v) is 6.22. The standard InChI is InChI=1S/C29H30N2O6/c1-30(2)15-16-31-26(21-11-14-23(32)24(17-21)36-3)25(28(34)29(31)35)27(33)20-9-12-22(13-10-20)37-18-19-7-5-4-6-8-19/h4-14,17,26,32-33H,15-16,18H2,1-3H3/b27-25+/t26-/m1/s1. The van der Waals surface area contributed by atoms with Gasteiger partial charge in [0.25, 0.3) is 11.7 Å². The molecule has 37 heavy (non-hydrogen) atoms. The van der Waals surface area contributed by atoms with Crippen molar-refractivity contribution in [2.24, 2.45) is 0 Å². The van der Waals surface area contributed by atoms with E-state index in [9.17, 15) is 19.8 Å². The van der Waals surface area contributed by atoms with Crippen molar-refractivity contribution in [2.75, 3.05) is 34.3 Å². The Kier molecular flexibility index (Phi) is 7.79.